The summed E-state index contributed by atoms with van der Waals surface area (Å²) < 4.78 is 9.98. The maximum Gasteiger partial charge on any atom is 0.251 e. The van der Waals surface area contributed by atoms with Gasteiger partial charge in [-0.3, -0.25) is 4.79 Å². The number of imidazole rings is 1. The third-order valence-electron chi connectivity index (χ3n) is 2.64. The number of hydrogen-bond donors (Lipinski definition) is 2. The summed E-state index contributed by atoms with van der Waals surface area (Å²) in [6.07, 6.45) is 1.16. The number of carbonyl (C=O) groups is 1. The van der Waals surface area contributed by atoms with Gasteiger partial charge >= 0.3 is 0 Å². The molecule has 18 heavy (non-hydrogen) atoms. The molecular weight excluding hydrogens is 234 g/mol. The van der Waals surface area contributed by atoms with Crippen molar-refractivity contribution in [1.82, 2.24) is 15.3 Å². The number of H-pyrrole nitrogens is 1. The fourth-order valence-corrected chi connectivity index (χ4v) is 1.62. The van der Waals surface area contributed by atoms with Crippen LogP contribution in [0.4, 0.5) is 0 Å². The van der Waals surface area contributed by atoms with Crippen molar-refractivity contribution < 1.29 is 14.3 Å². The van der Waals surface area contributed by atoms with Crippen molar-refractivity contribution >= 4 is 16.9 Å². The van der Waals surface area contributed by atoms with E-state index in [0.717, 1.165) is 11.0 Å². The fourth-order valence-electron chi connectivity index (χ4n) is 1.62. The number of fused-ring (bicyclic) bond motifs is 1. The second-order valence-electron chi connectivity index (χ2n) is 3.75. The molecule has 6 nitrogen and oxygen atoms in total. The van der Waals surface area contributed by atoms with E-state index in [1.54, 1.807) is 24.5 Å². The van der Waals surface area contributed by atoms with Crippen LogP contribution in [0.2, 0.25) is 0 Å². The molecule has 0 saturated carbocycles. The molecule has 0 unspecified atom stereocenters. The number of rotatable bonds is 5. The molecule has 2 aromatic rings. The number of aromatic nitrogens is 2. The van der Waals surface area contributed by atoms with Gasteiger partial charge in [-0.1, -0.05) is 0 Å². The van der Waals surface area contributed by atoms with Crippen LogP contribution in [0.1, 0.15) is 10.4 Å². The maximum atomic E-state index is 11.9. The standard InChI is InChI=1S/C12H15N3O3/c1-17-11(18-2)6-13-12(16)8-3-4-9-10(5-8)15-7-14-9/h3-5,7,11H,6H2,1-2H3,(H,13,16)(H,14,15). The highest BCUT2D eigenvalue weighted by Crippen LogP contribution is 2.11. The van der Waals surface area contributed by atoms with Gasteiger partial charge in [0.2, 0.25) is 0 Å². The Bertz CT molecular complexity index is 534. The Kier molecular flexibility index (Phi) is 3.91. The SMILES string of the molecule is COC(CNC(=O)c1ccc2nc[nH]c2c1)OC. The van der Waals surface area contributed by atoms with Crippen LogP contribution in [0, 0.1) is 0 Å². The van der Waals surface area contributed by atoms with E-state index in [1.165, 1.54) is 14.2 Å². The Hall–Kier alpha value is -1.92. The predicted molar refractivity (Wildman–Crippen MR) is 66.2 cm³/mol. The van der Waals surface area contributed by atoms with Crippen molar-refractivity contribution in [2.75, 3.05) is 20.8 Å². The van der Waals surface area contributed by atoms with Crippen LogP contribution in [-0.2, 0) is 9.47 Å². The second-order valence-corrected chi connectivity index (χ2v) is 3.75. The molecule has 6 heteroatoms. The van der Waals surface area contributed by atoms with Crippen LogP contribution < -0.4 is 5.32 Å². The number of carbonyl (C=O) groups excluding carboxylic acids is 1. The zero-order valence-electron chi connectivity index (χ0n) is 10.3. The molecule has 0 spiro atoms. The van der Waals surface area contributed by atoms with Crippen LogP contribution in [0.3, 0.4) is 0 Å². The van der Waals surface area contributed by atoms with Crippen LogP contribution in [0.5, 0.6) is 0 Å². The van der Waals surface area contributed by atoms with Gasteiger partial charge in [-0.25, -0.2) is 4.98 Å². The number of hydrogen-bond acceptors (Lipinski definition) is 4. The summed E-state index contributed by atoms with van der Waals surface area (Å²) in [6, 6.07) is 5.28. The first kappa shape index (κ1) is 12.5. The van der Waals surface area contributed by atoms with E-state index in [1.807, 2.05) is 0 Å². The Labute approximate surface area is 104 Å². The summed E-state index contributed by atoms with van der Waals surface area (Å²) in [5.74, 6) is -0.175. The van der Waals surface area contributed by atoms with Crippen LogP contribution in [0.25, 0.3) is 11.0 Å². The van der Waals surface area contributed by atoms with E-state index >= 15 is 0 Å². The lowest BCUT2D eigenvalue weighted by molar-refractivity contribution is -0.0974. The molecule has 0 atom stereocenters. The molecule has 0 fully saturated rings. The molecule has 1 amide bonds. The van der Waals surface area contributed by atoms with Crippen molar-refractivity contribution in [2.45, 2.75) is 6.29 Å². The van der Waals surface area contributed by atoms with E-state index in [0.29, 0.717) is 12.1 Å². The maximum absolute atomic E-state index is 11.9. The molecule has 1 heterocycles. The molecule has 2 rings (SSSR count). The van der Waals surface area contributed by atoms with Gasteiger partial charge in [0.05, 0.1) is 23.9 Å². The molecule has 96 valence electrons. The van der Waals surface area contributed by atoms with E-state index in [-0.39, 0.29) is 5.91 Å². The van der Waals surface area contributed by atoms with Crippen molar-refractivity contribution in [2.24, 2.45) is 0 Å². The highest BCUT2D eigenvalue weighted by Gasteiger charge is 2.10. The number of nitrogens with zero attached hydrogens (tertiary/aromatic N) is 1. The lowest BCUT2D eigenvalue weighted by atomic mass is 10.2. The van der Waals surface area contributed by atoms with Crippen molar-refractivity contribution in [3.63, 3.8) is 0 Å². The minimum atomic E-state index is -0.440. The van der Waals surface area contributed by atoms with Crippen molar-refractivity contribution in [3.8, 4) is 0 Å². The number of amides is 1. The predicted octanol–water partition coefficient (Wildman–Crippen LogP) is 0.912. The Morgan fingerprint density at radius 3 is 2.94 bits per heavy atom. The molecule has 0 aliphatic carbocycles. The van der Waals surface area contributed by atoms with E-state index in [2.05, 4.69) is 15.3 Å². The second kappa shape index (κ2) is 5.61. The lowest BCUT2D eigenvalue weighted by Gasteiger charge is -2.13. The summed E-state index contributed by atoms with van der Waals surface area (Å²) in [5.41, 5.74) is 2.23. The molecular formula is C12H15N3O3. The lowest BCUT2D eigenvalue weighted by Crippen LogP contribution is -2.34. The third kappa shape index (κ3) is 2.66. The van der Waals surface area contributed by atoms with Gasteiger partial charge in [0.1, 0.15) is 0 Å². The van der Waals surface area contributed by atoms with Gasteiger partial charge in [-0.05, 0) is 18.2 Å². The number of methoxy groups -OCH3 is 2. The molecule has 0 aliphatic heterocycles. The topological polar surface area (TPSA) is 76.2 Å². The van der Waals surface area contributed by atoms with Crippen LogP contribution in [0.15, 0.2) is 24.5 Å². The zero-order valence-corrected chi connectivity index (χ0v) is 10.3. The van der Waals surface area contributed by atoms with Gasteiger partial charge in [0.25, 0.3) is 5.91 Å². The normalized spacial score (nSPS) is 11.1. The molecule has 0 aliphatic rings. The van der Waals surface area contributed by atoms with Crippen LogP contribution in [-0.4, -0.2) is 42.9 Å². The minimum absolute atomic E-state index is 0.175. The summed E-state index contributed by atoms with van der Waals surface area (Å²) in [5, 5.41) is 2.73. The molecule has 1 aromatic heterocycles. The Morgan fingerprint density at radius 2 is 2.22 bits per heavy atom. The largest absolute Gasteiger partial charge is 0.354 e. The van der Waals surface area contributed by atoms with Gasteiger partial charge in [-0.15, -0.1) is 0 Å². The highest BCUT2D eigenvalue weighted by atomic mass is 16.7. The van der Waals surface area contributed by atoms with Gasteiger partial charge < -0.3 is 19.8 Å². The number of nitrogens with one attached hydrogen (secondary N) is 2. The smallest absolute Gasteiger partial charge is 0.251 e. The first-order valence-electron chi connectivity index (χ1n) is 5.51. The molecule has 1 aromatic carbocycles. The average molecular weight is 249 g/mol. The molecule has 2 N–H and O–H groups in total. The average Bonchev–Trinajstić information content (AvgIpc) is 2.86. The Morgan fingerprint density at radius 1 is 1.44 bits per heavy atom. The summed E-state index contributed by atoms with van der Waals surface area (Å²) >= 11 is 0. The van der Waals surface area contributed by atoms with Crippen molar-refractivity contribution in [1.29, 1.82) is 0 Å². The monoisotopic (exact) mass is 249 g/mol. The molecule has 0 saturated heterocycles. The highest BCUT2D eigenvalue weighted by molar-refractivity contribution is 5.97. The Balaban J connectivity index is 2.04. The van der Waals surface area contributed by atoms with E-state index < -0.39 is 6.29 Å². The van der Waals surface area contributed by atoms with E-state index in [9.17, 15) is 4.79 Å². The number of benzene rings is 1. The van der Waals surface area contributed by atoms with E-state index in [4.69, 9.17) is 9.47 Å². The fraction of sp³-hybridized carbons (Fsp3) is 0.333. The van der Waals surface area contributed by atoms with Gasteiger partial charge in [-0.2, -0.15) is 0 Å². The first-order valence-corrected chi connectivity index (χ1v) is 5.51. The molecule has 0 bridgehead atoms. The first-order chi connectivity index (χ1) is 8.74. The molecule has 0 radical (unpaired) electrons. The number of ether oxygens (including phenoxy) is 2. The zero-order chi connectivity index (χ0) is 13.0. The summed E-state index contributed by atoms with van der Waals surface area (Å²) in [6.45, 7) is 0.298. The minimum Gasteiger partial charge on any atom is -0.354 e. The summed E-state index contributed by atoms with van der Waals surface area (Å²) in [4.78, 5) is 18.9. The third-order valence-corrected chi connectivity index (χ3v) is 2.64. The van der Waals surface area contributed by atoms with Gasteiger partial charge in [0.15, 0.2) is 6.29 Å². The quantitative estimate of drug-likeness (QED) is 0.772. The van der Waals surface area contributed by atoms with Gasteiger partial charge in [0, 0.05) is 19.8 Å². The van der Waals surface area contributed by atoms with Crippen LogP contribution >= 0.6 is 0 Å². The summed E-state index contributed by atoms with van der Waals surface area (Å²) in [7, 11) is 3.05. The van der Waals surface area contributed by atoms with Crippen molar-refractivity contribution in [3.05, 3.63) is 30.1 Å². The number of aromatic amines is 1.